The van der Waals surface area contributed by atoms with Gasteiger partial charge >= 0.3 is 0 Å². The summed E-state index contributed by atoms with van der Waals surface area (Å²) in [6.07, 6.45) is 0.814. The van der Waals surface area contributed by atoms with E-state index >= 15 is 0 Å². The van der Waals surface area contributed by atoms with E-state index in [4.69, 9.17) is 27.9 Å². The highest BCUT2D eigenvalue weighted by atomic mass is 35.5. The molecule has 30 heavy (non-hydrogen) atoms. The van der Waals surface area contributed by atoms with Crippen molar-refractivity contribution < 1.29 is 14.3 Å². The fourth-order valence-corrected chi connectivity index (χ4v) is 3.22. The van der Waals surface area contributed by atoms with E-state index in [2.05, 4.69) is 5.32 Å². The summed E-state index contributed by atoms with van der Waals surface area (Å²) in [6, 6.07) is 10.3. The molecular weight excluding hydrogens is 423 g/mol. The molecule has 0 aliphatic carbocycles. The van der Waals surface area contributed by atoms with Gasteiger partial charge in [-0.1, -0.05) is 48.3 Å². The number of aryl methyl sites for hydroxylation is 2. The molecule has 0 heterocycles. The summed E-state index contributed by atoms with van der Waals surface area (Å²) in [6.45, 7) is 8.17. The number of carbonyl (C=O) groups excluding carboxylic acids is 2. The Morgan fingerprint density at radius 3 is 2.50 bits per heavy atom. The van der Waals surface area contributed by atoms with Gasteiger partial charge in [-0.05, 0) is 62.1 Å². The molecule has 0 bridgehead atoms. The minimum Gasteiger partial charge on any atom is -0.483 e. The van der Waals surface area contributed by atoms with Crippen molar-refractivity contribution in [3.8, 4) is 5.75 Å². The molecule has 1 N–H and O–H groups in total. The van der Waals surface area contributed by atoms with Crippen LogP contribution >= 0.6 is 23.2 Å². The first-order chi connectivity index (χ1) is 14.2. The van der Waals surface area contributed by atoms with Crippen LogP contribution in [-0.2, 0) is 16.1 Å². The summed E-state index contributed by atoms with van der Waals surface area (Å²) < 4.78 is 5.78. The molecule has 1 atom stereocenters. The first-order valence-electron chi connectivity index (χ1n) is 9.94. The van der Waals surface area contributed by atoms with Crippen molar-refractivity contribution in [2.24, 2.45) is 0 Å². The third-order valence-electron chi connectivity index (χ3n) is 4.75. The predicted octanol–water partition coefficient (Wildman–Crippen LogP) is 4.93. The highest BCUT2D eigenvalue weighted by Gasteiger charge is 2.26. The Hall–Kier alpha value is -2.24. The molecule has 7 heteroatoms. The summed E-state index contributed by atoms with van der Waals surface area (Å²) >= 11 is 12.1. The van der Waals surface area contributed by atoms with Gasteiger partial charge in [-0.25, -0.2) is 0 Å². The molecule has 0 spiro atoms. The lowest BCUT2D eigenvalue weighted by atomic mass is 10.1. The second-order valence-electron chi connectivity index (χ2n) is 7.29. The molecule has 0 unspecified atom stereocenters. The van der Waals surface area contributed by atoms with E-state index in [1.807, 2.05) is 39.0 Å². The number of carbonyl (C=O) groups is 2. The lowest BCUT2D eigenvalue weighted by Gasteiger charge is -2.29. The fraction of sp³-hybridized carbons (Fsp3) is 0.391. The average molecular weight is 451 g/mol. The predicted molar refractivity (Wildman–Crippen MR) is 121 cm³/mol. The second-order valence-corrected chi connectivity index (χ2v) is 8.11. The largest absolute Gasteiger partial charge is 0.483 e. The Morgan fingerprint density at radius 1 is 1.10 bits per heavy atom. The van der Waals surface area contributed by atoms with E-state index in [1.165, 1.54) is 4.90 Å². The molecule has 0 radical (unpaired) electrons. The maximum atomic E-state index is 13.1. The van der Waals surface area contributed by atoms with Gasteiger partial charge in [0, 0.05) is 13.1 Å². The van der Waals surface area contributed by atoms with Crippen LogP contribution in [-0.4, -0.2) is 35.9 Å². The highest BCUT2D eigenvalue weighted by molar-refractivity contribution is 6.42. The molecule has 2 rings (SSSR count). The minimum absolute atomic E-state index is 0.170. The van der Waals surface area contributed by atoms with Crippen LogP contribution in [0.3, 0.4) is 0 Å². The van der Waals surface area contributed by atoms with Crippen LogP contribution in [0.25, 0.3) is 0 Å². The van der Waals surface area contributed by atoms with Crippen molar-refractivity contribution in [1.29, 1.82) is 0 Å². The molecule has 0 saturated carbocycles. The Balaban J connectivity index is 2.19. The SMILES string of the molecule is CCCNC(=O)[C@@H](C)N(Cc1ccc(Cl)c(Cl)c1)C(=O)COc1cc(C)ccc1C. The number of nitrogens with one attached hydrogen (secondary N) is 1. The van der Waals surface area contributed by atoms with Crippen molar-refractivity contribution >= 4 is 35.0 Å². The minimum atomic E-state index is -0.666. The first-order valence-corrected chi connectivity index (χ1v) is 10.7. The summed E-state index contributed by atoms with van der Waals surface area (Å²) in [5, 5.41) is 3.68. The van der Waals surface area contributed by atoms with Crippen molar-refractivity contribution in [3.05, 3.63) is 63.1 Å². The van der Waals surface area contributed by atoms with E-state index in [9.17, 15) is 9.59 Å². The summed E-state index contributed by atoms with van der Waals surface area (Å²) in [4.78, 5) is 27.1. The lowest BCUT2D eigenvalue weighted by Crippen LogP contribution is -2.49. The van der Waals surface area contributed by atoms with Crippen LogP contribution in [0.15, 0.2) is 36.4 Å². The van der Waals surface area contributed by atoms with Gasteiger partial charge in [0.2, 0.25) is 5.91 Å². The van der Waals surface area contributed by atoms with Crippen LogP contribution < -0.4 is 10.1 Å². The van der Waals surface area contributed by atoms with Crippen LogP contribution in [0.1, 0.15) is 37.0 Å². The van der Waals surface area contributed by atoms with Crippen molar-refractivity contribution in [3.63, 3.8) is 0 Å². The molecule has 0 aromatic heterocycles. The number of amides is 2. The second kappa shape index (κ2) is 11.2. The zero-order valence-electron chi connectivity index (χ0n) is 17.8. The van der Waals surface area contributed by atoms with Crippen molar-refractivity contribution in [1.82, 2.24) is 10.2 Å². The Morgan fingerprint density at radius 2 is 1.83 bits per heavy atom. The summed E-state index contributed by atoms with van der Waals surface area (Å²) in [7, 11) is 0. The van der Waals surface area contributed by atoms with E-state index in [1.54, 1.807) is 25.1 Å². The van der Waals surface area contributed by atoms with E-state index in [-0.39, 0.29) is 25.0 Å². The quantitative estimate of drug-likeness (QED) is 0.588. The molecule has 5 nitrogen and oxygen atoms in total. The summed E-state index contributed by atoms with van der Waals surface area (Å²) in [5.41, 5.74) is 2.76. The van der Waals surface area contributed by atoms with Gasteiger partial charge in [-0.15, -0.1) is 0 Å². The molecule has 0 aliphatic heterocycles. The van der Waals surface area contributed by atoms with Crippen LogP contribution in [0, 0.1) is 13.8 Å². The van der Waals surface area contributed by atoms with E-state index in [0.29, 0.717) is 22.3 Å². The van der Waals surface area contributed by atoms with Gasteiger partial charge in [0.05, 0.1) is 10.0 Å². The van der Waals surface area contributed by atoms with Gasteiger partial charge in [-0.2, -0.15) is 0 Å². The van der Waals surface area contributed by atoms with Crippen LogP contribution in [0.4, 0.5) is 0 Å². The first kappa shape index (κ1) is 24.0. The number of hydrogen-bond acceptors (Lipinski definition) is 3. The van der Waals surface area contributed by atoms with Crippen molar-refractivity contribution in [2.45, 2.75) is 46.7 Å². The van der Waals surface area contributed by atoms with Crippen LogP contribution in [0.5, 0.6) is 5.75 Å². The van der Waals surface area contributed by atoms with Gasteiger partial charge in [-0.3, -0.25) is 9.59 Å². The number of benzene rings is 2. The number of nitrogens with zero attached hydrogens (tertiary/aromatic N) is 1. The normalized spacial score (nSPS) is 11.7. The molecule has 2 amide bonds. The topological polar surface area (TPSA) is 58.6 Å². The number of halogens is 2. The highest BCUT2D eigenvalue weighted by Crippen LogP contribution is 2.24. The lowest BCUT2D eigenvalue weighted by molar-refractivity contribution is -0.142. The van der Waals surface area contributed by atoms with Gasteiger partial charge in [0.15, 0.2) is 6.61 Å². The summed E-state index contributed by atoms with van der Waals surface area (Å²) in [5.74, 6) is 0.152. The molecular formula is C23H28Cl2N2O3. The van der Waals surface area contributed by atoms with Gasteiger partial charge in [0.1, 0.15) is 11.8 Å². The Bertz CT molecular complexity index is 902. The molecule has 0 saturated heterocycles. The zero-order valence-corrected chi connectivity index (χ0v) is 19.3. The monoisotopic (exact) mass is 450 g/mol. The van der Waals surface area contributed by atoms with Gasteiger partial charge < -0.3 is 15.0 Å². The number of hydrogen-bond donors (Lipinski definition) is 1. The molecule has 0 fully saturated rings. The molecule has 0 aliphatic rings. The average Bonchev–Trinajstić information content (AvgIpc) is 2.72. The van der Waals surface area contributed by atoms with E-state index < -0.39 is 6.04 Å². The third-order valence-corrected chi connectivity index (χ3v) is 5.49. The molecule has 162 valence electrons. The van der Waals surface area contributed by atoms with Gasteiger partial charge in [0.25, 0.3) is 5.91 Å². The number of rotatable bonds is 9. The molecule has 2 aromatic rings. The van der Waals surface area contributed by atoms with Crippen molar-refractivity contribution in [2.75, 3.05) is 13.2 Å². The maximum absolute atomic E-state index is 13.1. The maximum Gasteiger partial charge on any atom is 0.261 e. The third kappa shape index (κ3) is 6.64. The van der Waals surface area contributed by atoms with Crippen LogP contribution in [0.2, 0.25) is 10.0 Å². The zero-order chi connectivity index (χ0) is 22.3. The van der Waals surface area contributed by atoms with E-state index in [0.717, 1.165) is 23.1 Å². The smallest absolute Gasteiger partial charge is 0.261 e. The fourth-order valence-electron chi connectivity index (χ4n) is 2.90. The Kier molecular flexibility index (Phi) is 9.00. The number of ether oxygens (including phenoxy) is 1. The Labute approximate surface area is 188 Å². The molecule has 2 aromatic carbocycles. The standard InChI is InChI=1S/C23H28Cl2N2O3/c1-5-10-26-23(29)17(4)27(13-18-8-9-19(24)20(25)12-18)22(28)14-30-21-11-15(2)6-7-16(21)3/h6-9,11-12,17H,5,10,13-14H2,1-4H3,(H,26,29)/t17-/m1/s1.